The van der Waals surface area contributed by atoms with Gasteiger partial charge in [-0.15, -0.1) is 0 Å². The Bertz CT molecular complexity index is 964. The van der Waals surface area contributed by atoms with Crippen LogP contribution >= 0.6 is 0 Å². The molecule has 0 fully saturated rings. The van der Waals surface area contributed by atoms with Crippen LogP contribution in [-0.2, 0) is 28.4 Å². The molecule has 0 saturated carbocycles. The van der Waals surface area contributed by atoms with Gasteiger partial charge in [-0.1, -0.05) is 0 Å². The Kier molecular flexibility index (Phi) is 6.67. The van der Waals surface area contributed by atoms with Crippen molar-refractivity contribution in [2.24, 2.45) is 7.05 Å². The van der Waals surface area contributed by atoms with Gasteiger partial charge in [0.2, 0.25) is 15.9 Å². The zero-order valence-electron chi connectivity index (χ0n) is 17.8. The summed E-state index contributed by atoms with van der Waals surface area (Å²) in [5.41, 5.74) is 5.52. The van der Waals surface area contributed by atoms with Gasteiger partial charge < -0.3 is 4.90 Å². The van der Waals surface area contributed by atoms with Crippen molar-refractivity contribution >= 4 is 15.9 Å². The summed E-state index contributed by atoms with van der Waals surface area (Å²) in [6.45, 7) is 10.0. The summed E-state index contributed by atoms with van der Waals surface area (Å²) in [4.78, 5) is 14.2. The van der Waals surface area contributed by atoms with Crippen LogP contribution in [0.4, 0.5) is 0 Å². The SMILES string of the molecule is Cc1c(C)c(C)c(S(=O)(=O)NCCC(=O)N(C)Cc2cnn(C)c2)c(C)c1C. The highest BCUT2D eigenvalue weighted by molar-refractivity contribution is 7.89. The number of nitrogens with zero attached hydrogens (tertiary/aromatic N) is 3. The number of hydrogen-bond acceptors (Lipinski definition) is 4. The van der Waals surface area contributed by atoms with Gasteiger partial charge in [-0.25, -0.2) is 13.1 Å². The predicted octanol–water partition coefficient (Wildman–Crippen LogP) is 2.29. The number of sulfonamides is 1. The third kappa shape index (κ3) is 4.62. The van der Waals surface area contributed by atoms with Crippen LogP contribution in [0.1, 0.15) is 39.8 Å². The molecular weight excluding hydrogens is 376 g/mol. The number of nitrogens with one attached hydrogen (secondary N) is 1. The van der Waals surface area contributed by atoms with Crippen LogP contribution in [-0.4, -0.2) is 42.6 Å². The second kappa shape index (κ2) is 8.45. The van der Waals surface area contributed by atoms with E-state index in [1.54, 1.807) is 22.8 Å². The lowest BCUT2D eigenvalue weighted by Gasteiger charge is -2.19. The molecule has 0 bridgehead atoms. The van der Waals surface area contributed by atoms with E-state index in [4.69, 9.17) is 0 Å². The van der Waals surface area contributed by atoms with Crippen LogP contribution in [0.15, 0.2) is 17.3 Å². The van der Waals surface area contributed by atoms with E-state index in [-0.39, 0.29) is 18.9 Å². The third-order valence-corrected chi connectivity index (χ3v) is 7.17. The molecule has 8 heteroatoms. The highest BCUT2D eigenvalue weighted by Crippen LogP contribution is 2.29. The molecule has 2 rings (SSSR count). The minimum atomic E-state index is -3.69. The maximum absolute atomic E-state index is 12.9. The highest BCUT2D eigenvalue weighted by Gasteiger charge is 2.23. The molecular formula is C20H30N4O3S. The molecule has 0 radical (unpaired) electrons. The predicted molar refractivity (Wildman–Crippen MR) is 110 cm³/mol. The molecule has 0 saturated heterocycles. The highest BCUT2D eigenvalue weighted by atomic mass is 32.2. The van der Waals surface area contributed by atoms with Gasteiger partial charge in [0.1, 0.15) is 0 Å². The third-order valence-electron chi connectivity index (χ3n) is 5.43. The molecule has 28 heavy (non-hydrogen) atoms. The van der Waals surface area contributed by atoms with Crippen molar-refractivity contribution in [2.45, 2.75) is 52.5 Å². The Morgan fingerprint density at radius 1 is 1.07 bits per heavy atom. The van der Waals surface area contributed by atoms with Gasteiger partial charge in [-0.2, -0.15) is 5.10 Å². The molecule has 0 aliphatic carbocycles. The molecule has 2 aromatic rings. The van der Waals surface area contributed by atoms with Crippen molar-refractivity contribution in [3.05, 3.63) is 45.8 Å². The van der Waals surface area contributed by atoms with Crippen molar-refractivity contribution in [3.8, 4) is 0 Å². The van der Waals surface area contributed by atoms with Crippen molar-refractivity contribution in [2.75, 3.05) is 13.6 Å². The second-order valence-corrected chi connectivity index (χ2v) is 9.08. The summed E-state index contributed by atoms with van der Waals surface area (Å²) < 4.78 is 30.0. The van der Waals surface area contributed by atoms with Crippen LogP contribution in [0, 0.1) is 34.6 Å². The molecule has 1 aromatic heterocycles. The lowest BCUT2D eigenvalue weighted by molar-refractivity contribution is -0.130. The van der Waals surface area contributed by atoms with E-state index in [1.165, 1.54) is 0 Å². The smallest absolute Gasteiger partial charge is 0.241 e. The fourth-order valence-corrected chi connectivity index (χ4v) is 4.97. The number of carbonyl (C=O) groups excluding carboxylic acids is 1. The molecule has 7 nitrogen and oxygen atoms in total. The van der Waals surface area contributed by atoms with Crippen LogP contribution in [0.25, 0.3) is 0 Å². The lowest BCUT2D eigenvalue weighted by Crippen LogP contribution is -2.32. The lowest BCUT2D eigenvalue weighted by atomic mass is 9.95. The Balaban J connectivity index is 2.05. The van der Waals surface area contributed by atoms with Crippen LogP contribution in [0.2, 0.25) is 0 Å². The van der Waals surface area contributed by atoms with E-state index in [1.807, 2.05) is 47.9 Å². The molecule has 0 atom stereocenters. The topological polar surface area (TPSA) is 84.3 Å². The van der Waals surface area contributed by atoms with Crippen LogP contribution in [0.3, 0.4) is 0 Å². The number of rotatable bonds is 7. The van der Waals surface area contributed by atoms with Crippen molar-refractivity contribution in [3.63, 3.8) is 0 Å². The quantitative estimate of drug-likeness (QED) is 0.765. The Labute approximate surface area is 167 Å². The van der Waals surface area contributed by atoms with Gasteiger partial charge in [0, 0.05) is 45.4 Å². The molecule has 1 amide bonds. The molecule has 0 spiro atoms. The van der Waals surface area contributed by atoms with Gasteiger partial charge in [0.25, 0.3) is 0 Å². The first kappa shape index (κ1) is 22.1. The van der Waals surface area contributed by atoms with Crippen LogP contribution < -0.4 is 4.72 Å². The minimum absolute atomic E-state index is 0.0589. The normalized spacial score (nSPS) is 11.7. The zero-order chi connectivity index (χ0) is 21.2. The molecule has 0 aliphatic heterocycles. The summed E-state index contributed by atoms with van der Waals surface area (Å²) in [6, 6.07) is 0. The maximum atomic E-state index is 12.9. The molecule has 1 heterocycles. The van der Waals surface area contributed by atoms with E-state index in [0.717, 1.165) is 33.4 Å². The summed E-state index contributed by atoms with van der Waals surface area (Å²) >= 11 is 0. The average Bonchev–Trinajstić information content (AvgIpc) is 3.02. The monoisotopic (exact) mass is 406 g/mol. The summed E-state index contributed by atoms with van der Waals surface area (Å²) in [5.74, 6) is -0.128. The minimum Gasteiger partial charge on any atom is -0.341 e. The second-order valence-electron chi connectivity index (χ2n) is 7.37. The number of aromatic nitrogens is 2. The molecule has 0 aliphatic rings. The maximum Gasteiger partial charge on any atom is 0.241 e. The standard InChI is InChI=1S/C20H30N4O3S/c1-13-14(2)16(4)20(17(5)15(13)3)28(26,27)22-9-8-19(25)23(6)11-18-10-21-24(7)12-18/h10,12,22H,8-9,11H2,1-7H3. The largest absolute Gasteiger partial charge is 0.341 e. The fraction of sp³-hybridized carbons (Fsp3) is 0.500. The van der Waals surface area contributed by atoms with Gasteiger partial charge in [-0.05, 0) is 62.4 Å². The molecule has 1 aromatic carbocycles. The van der Waals surface area contributed by atoms with Gasteiger partial charge in [-0.3, -0.25) is 9.48 Å². The molecule has 1 N–H and O–H groups in total. The van der Waals surface area contributed by atoms with Gasteiger partial charge in [0.15, 0.2) is 0 Å². The molecule has 154 valence electrons. The first-order valence-electron chi connectivity index (χ1n) is 9.23. The van der Waals surface area contributed by atoms with Crippen molar-refractivity contribution in [1.82, 2.24) is 19.4 Å². The fourth-order valence-electron chi connectivity index (χ4n) is 3.34. The summed E-state index contributed by atoms with van der Waals surface area (Å²) in [7, 11) is -0.177. The first-order chi connectivity index (χ1) is 13.0. The number of aryl methyl sites for hydroxylation is 1. The summed E-state index contributed by atoms with van der Waals surface area (Å²) in [5, 5.41) is 4.08. The number of hydrogen-bond donors (Lipinski definition) is 1. The van der Waals surface area contributed by atoms with E-state index in [2.05, 4.69) is 9.82 Å². The van der Waals surface area contributed by atoms with Crippen molar-refractivity contribution in [1.29, 1.82) is 0 Å². The average molecular weight is 407 g/mol. The first-order valence-corrected chi connectivity index (χ1v) is 10.7. The van der Waals surface area contributed by atoms with Crippen molar-refractivity contribution < 1.29 is 13.2 Å². The number of carbonyl (C=O) groups is 1. The Morgan fingerprint density at radius 2 is 1.61 bits per heavy atom. The van der Waals surface area contributed by atoms with E-state index in [9.17, 15) is 13.2 Å². The number of benzene rings is 1. The van der Waals surface area contributed by atoms with E-state index < -0.39 is 10.0 Å². The van der Waals surface area contributed by atoms with E-state index in [0.29, 0.717) is 11.4 Å². The van der Waals surface area contributed by atoms with Gasteiger partial charge >= 0.3 is 0 Å². The van der Waals surface area contributed by atoms with Crippen LogP contribution in [0.5, 0.6) is 0 Å². The summed E-state index contributed by atoms with van der Waals surface area (Å²) in [6.07, 6.45) is 3.65. The number of amides is 1. The van der Waals surface area contributed by atoms with E-state index >= 15 is 0 Å². The Morgan fingerprint density at radius 3 is 2.11 bits per heavy atom. The molecule has 0 unspecified atom stereocenters. The zero-order valence-corrected chi connectivity index (χ0v) is 18.6. The van der Waals surface area contributed by atoms with Gasteiger partial charge in [0.05, 0.1) is 11.1 Å². The Hall–Kier alpha value is -2.19.